The molecule has 0 saturated heterocycles. The van der Waals surface area contributed by atoms with Crippen LogP contribution in [0.15, 0.2) is 0 Å². The first-order chi connectivity index (χ1) is 4.12. The van der Waals surface area contributed by atoms with Crippen molar-refractivity contribution >= 4 is 30.4 Å². The summed E-state index contributed by atoms with van der Waals surface area (Å²) in [5.41, 5.74) is 0. The van der Waals surface area contributed by atoms with Crippen LogP contribution in [0, 0.1) is 0 Å². The summed E-state index contributed by atoms with van der Waals surface area (Å²) in [7, 11) is -2.94. The van der Waals surface area contributed by atoms with Crippen molar-refractivity contribution in [1.29, 1.82) is 0 Å². The van der Waals surface area contributed by atoms with Gasteiger partial charge in [0.05, 0.1) is 0 Å². The molecule has 0 heterocycles. The zero-order valence-electron chi connectivity index (χ0n) is 7.18. The van der Waals surface area contributed by atoms with Crippen molar-refractivity contribution in [3.63, 3.8) is 0 Å². The average molecular weight is 209 g/mol. The molecule has 0 aromatic heterocycles. The van der Waals surface area contributed by atoms with Crippen molar-refractivity contribution < 1.29 is 21.9 Å². The van der Waals surface area contributed by atoms with E-state index in [9.17, 15) is 9.46 Å². The van der Waals surface area contributed by atoms with E-state index in [1.165, 1.54) is 0 Å². The Balaban J connectivity index is -0.000000320. The Hall–Kier alpha value is 1.25. The predicted octanol–water partition coefficient (Wildman–Crippen LogP) is -1.93. The van der Waals surface area contributed by atoms with Gasteiger partial charge in [-0.15, -0.1) is 0 Å². The zero-order chi connectivity index (χ0) is 7.33. The van der Waals surface area contributed by atoms with E-state index in [-0.39, 0.29) is 35.5 Å². The van der Waals surface area contributed by atoms with Crippen LogP contribution in [0.4, 0.5) is 0 Å². The molecule has 64 valence electrons. The number of hydrogen-bond acceptors (Lipinski definition) is 2. The summed E-state index contributed by atoms with van der Waals surface area (Å²) in [6.07, 6.45) is 2.25. The van der Waals surface area contributed by atoms with Gasteiger partial charge in [-0.25, -0.2) is 0 Å². The zero-order valence-corrected chi connectivity index (χ0v) is 10.2. The molecule has 0 aromatic rings. The maximum absolute atomic E-state index is 10.9. The predicted molar refractivity (Wildman–Crippen MR) is 43.7 cm³/mol. The molecule has 11 heavy (non-hydrogen) atoms. The van der Waals surface area contributed by atoms with E-state index in [4.69, 9.17) is 0 Å². The van der Waals surface area contributed by atoms with Crippen LogP contribution in [-0.2, 0) is 4.57 Å². The van der Waals surface area contributed by atoms with Crippen molar-refractivity contribution in [3.8, 4) is 0 Å². The fourth-order valence-corrected chi connectivity index (χ4v) is 2.38. The van der Waals surface area contributed by atoms with Gasteiger partial charge in [0.25, 0.3) is 0 Å². The first-order valence-corrected chi connectivity index (χ1v) is 5.41. The van der Waals surface area contributed by atoms with Crippen LogP contribution in [-0.4, -0.2) is 35.4 Å². The van der Waals surface area contributed by atoms with Crippen LogP contribution in [0.2, 0.25) is 0 Å². The smallest absolute Gasteiger partial charge is 1.00 e. The summed E-state index contributed by atoms with van der Waals surface area (Å²) in [5.74, 6) is 0. The largest absolute Gasteiger partial charge is 2.00 e. The van der Waals surface area contributed by atoms with Crippen LogP contribution in [0.5, 0.6) is 0 Å². The molecule has 0 N–H and O–H groups in total. The van der Waals surface area contributed by atoms with E-state index in [1.54, 1.807) is 0 Å². The van der Waals surface area contributed by atoms with Crippen LogP contribution in [0.25, 0.3) is 0 Å². The quantitative estimate of drug-likeness (QED) is 0.399. The molecule has 5 heteroatoms. The molecule has 0 unspecified atom stereocenters. The SMILES string of the molecule is CCCP(=O)([O-])CCC.[Cl-].[Mg+2]. The molecule has 0 radical (unpaired) electrons. The monoisotopic (exact) mass is 208 g/mol. The van der Waals surface area contributed by atoms with Gasteiger partial charge in [0, 0.05) is 7.37 Å². The Labute approximate surface area is 91.2 Å². The summed E-state index contributed by atoms with van der Waals surface area (Å²) in [6, 6.07) is 0. The molecule has 0 amide bonds. The third-order valence-electron chi connectivity index (χ3n) is 1.13. The van der Waals surface area contributed by atoms with Crippen LogP contribution < -0.4 is 17.3 Å². The van der Waals surface area contributed by atoms with Crippen molar-refractivity contribution in [2.75, 3.05) is 12.3 Å². The molecule has 0 fully saturated rings. The molecule has 2 nitrogen and oxygen atoms in total. The normalized spacial score (nSPS) is 9.73. The van der Waals surface area contributed by atoms with Gasteiger partial charge in [-0.05, 0) is 12.3 Å². The third kappa shape index (κ3) is 11.2. The molecule has 0 aliphatic rings. The minimum atomic E-state index is -2.94. The van der Waals surface area contributed by atoms with E-state index in [1.807, 2.05) is 13.8 Å². The molecule has 0 aliphatic carbocycles. The van der Waals surface area contributed by atoms with Gasteiger partial charge >= 0.3 is 23.1 Å². The fraction of sp³-hybridized carbons (Fsp3) is 1.00. The molecular formula is C6H14ClMgO2P. The van der Waals surface area contributed by atoms with E-state index in [0.717, 1.165) is 12.8 Å². The molecule has 0 aliphatic heterocycles. The maximum Gasteiger partial charge on any atom is 2.00 e. The van der Waals surface area contributed by atoms with Crippen LogP contribution >= 0.6 is 7.37 Å². The second-order valence-electron chi connectivity index (χ2n) is 2.26. The average Bonchev–Trinajstić information content (AvgIpc) is 1.64. The Morgan fingerprint density at radius 2 is 1.45 bits per heavy atom. The fourth-order valence-electron chi connectivity index (χ4n) is 0.793. The summed E-state index contributed by atoms with van der Waals surface area (Å²) in [5, 5.41) is 0. The molecule has 0 atom stereocenters. The summed E-state index contributed by atoms with van der Waals surface area (Å²) in [6.45, 7) is 3.78. The number of rotatable bonds is 4. The first-order valence-electron chi connectivity index (χ1n) is 3.41. The van der Waals surface area contributed by atoms with Gasteiger partial charge in [0.2, 0.25) is 0 Å². The standard InChI is InChI=1S/C6H15O2P.ClH.Mg/c1-3-5-9(7,8)6-4-2;;/h3-6H2,1-2H3,(H,7,8);1H;/q;;+2/p-2. The van der Waals surface area contributed by atoms with Crippen molar-refractivity contribution in [2.24, 2.45) is 0 Å². The molecule has 0 bridgehead atoms. The molecule has 0 aromatic carbocycles. The van der Waals surface area contributed by atoms with Crippen molar-refractivity contribution in [2.45, 2.75) is 26.7 Å². The van der Waals surface area contributed by atoms with Gasteiger partial charge in [-0.3, -0.25) is 0 Å². The van der Waals surface area contributed by atoms with Crippen LogP contribution in [0.3, 0.4) is 0 Å². The van der Waals surface area contributed by atoms with Gasteiger partial charge in [0.15, 0.2) is 0 Å². The maximum atomic E-state index is 10.9. The van der Waals surface area contributed by atoms with E-state index >= 15 is 0 Å². The van der Waals surface area contributed by atoms with Gasteiger partial charge in [-0.1, -0.05) is 26.7 Å². The van der Waals surface area contributed by atoms with Crippen LogP contribution in [0.1, 0.15) is 26.7 Å². The second-order valence-corrected chi connectivity index (χ2v) is 4.79. The minimum Gasteiger partial charge on any atom is -1.00 e. The first kappa shape index (κ1) is 18.1. The summed E-state index contributed by atoms with van der Waals surface area (Å²) in [4.78, 5) is 10.9. The minimum absolute atomic E-state index is 0. The molecule has 0 saturated carbocycles. The molecule has 0 spiro atoms. The number of halogens is 1. The Bertz CT molecular complexity index is 111. The number of hydrogen-bond donors (Lipinski definition) is 0. The van der Waals surface area contributed by atoms with Gasteiger partial charge < -0.3 is 21.9 Å². The topological polar surface area (TPSA) is 40.1 Å². The second kappa shape index (κ2) is 9.34. The third-order valence-corrected chi connectivity index (χ3v) is 3.39. The van der Waals surface area contributed by atoms with E-state index in [0.29, 0.717) is 12.3 Å². The summed E-state index contributed by atoms with van der Waals surface area (Å²) >= 11 is 0. The van der Waals surface area contributed by atoms with Gasteiger partial charge in [0.1, 0.15) is 0 Å². The summed E-state index contributed by atoms with van der Waals surface area (Å²) < 4.78 is 10.9. The Kier molecular flexibility index (Phi) is 15.4. The molecule has 0 rings (SSSR count). The molecular weight excluding hydrogens is 195 g/mol. The van der Waals surface area contributed by atoms with Crippen molar-refractivity contribution in [1.82, 2.24) is 0 Å². The Morgan fingerprint density at radius 3 is 1.64 bits per heavy atom. The van der Waals surface area contributed by atoms with E-state index in [2.05, 4.69) is 0 Å². The van der Waals surface area contributed by atoms with Gasteiger partial charge in [-0.2, -0.15) is 0 Å². The van der Waals surface area contributed by atoms with E-state index < -0.39 is 7.37 Å². The Morgan fingerprint density at radius 1 is 1.18 bits per heavy atom. The van der Waals surface area contributed by atoms with Crippen molar-refractivity contribution in [3.05, 3.63) is 0 Å².